The Morgan fingerprint density at radius 2 is 2.18 bits per heavy atom. The van der Waals surface area contributed by atoms with E-state index in [1.54, 1.807) is 12.1 Å². The van der Waals surface area contributed by atoms with E-state index in [2.05, 4.69) is 0 Å². The predicted octanol–water partition coefficient (Wildman–Crippen LogP) is 1.11. The first-order valence-corrected chi connectivity index (χ1v) is 5.46. The van der Waals surface area contributed by atoms with Crippen LogP contribution in [0.15, 0.2) is 24.3 Å². The molecule has 5 heteroatoms. The third-order valence-corrected chi connectivity index (χ3v) is 2.75. The van der Waals surface area contributed by atoms with Gasteiger partial charge in [-0.25, -0.2) is 9.18 Å². The van der Waals surface area contributed by atoms with Crippen LogP contribution in [0.1, 0.15) is 5.56 Å². The van der Waals surface area contributed by atoms with E-state index >= 15 is 0 Å². The van der Waals surface area contributed by atoms with Crippen molar-refractivity contribution in [3.8, 4) is 0 Å². The Kier molecular flexibility index (Phi) is 3.71. The summed E-state index contributed by atoms with van der Waals surface area (Å²) in [6.45, 7) is 2.10. The fourth-order valence-corrected chi connectivity index (χ4v) is 1.84. The van der Waals surface area contributed by atoms with E-state index < -0.39 is 12.1 Å². The average molecular weight is 239 g/mol. The van der Waals surface area contributed by atoms with Crippen molar-refractivity contribution in [3.05, 3.63) is 35.6 Å². The van der Waals surface area contributed by atoms with Gasteiger partial charge in [-0.1, -0.05) is 12.1 Å². The maximum Gasteiger partial charge on any atom is 0.334 e. The van der Waals surface area contributed by atoms with E-state index in [-0.39, 0.29) is 5.82 Å². The molecule has 1 heterocycles. The summed E-state index contributed by atoms with van der Waals surface area (Å²) in [5, 5.41) is 8.86. The minimum absolute atomic E-state index is 0.265. The molecule has 0 radical (unpaired) electrons. The molecule has 0 aromatic heterocycles. The summed E-state index contributed by atoms with van der Waals surface area (Å²) in [6.07, 6.45) is -0.760. The Labute approximate surface area is 98.6 Å². The third-order valence-electron chi connectivity index (χ3n) is 2.75. The minimum Gasteiger partial charge on any atom is -0.479 e. The van der Waals surface area contributed by atoms with Crippen molar-refractivity contribution in [2.75, 3.05) is 19.7 Å². The molecule has 1 aliphatic rings. The standard InChI is InChI=1S/C12H14FNO3/c13-10-3-1-9(2-4-10)7-14-5-6-17-11(8-14)12(15)16/h1-4,11H,5-8H2,(H,15,16)/t11-/m1/s1. The first kappa shape index (κ1) is 12.0. The number of aliphatic carboxylic acids is 1. The number of rotatable bonds is 3. The Morgan fingerprint density at radius 3 is 2.82 bits per heavy atom. The van der Waals surface area contributed by atoms with Crippen LogP contribution in [-0.2, 0) is 16.1 Å². The number of halogens is 1. The van der Waals surface area contributed by atoms with Gasteiger partial charge in [0.1, 0.15) is 5.82 Å². The molecule has 1 N–H and O–H groups in total. The van der Waals surface area contributed by atoms with Gasteiger partial charge in [-0.05, 0) is 17.7 Å². The van der Waals surface area contributed by atoms with Crippen molar-refractivity contribution >= 4 is 5.97 Å². The summed E-state index contributed by atoms with van der Waals surface area (Å²) in [7, 11) is 0. The van der Waals surface area contributed by atoms with Crippen molar-refractivity contribution in [1.82, 2.24) is 4.90 Å². The Hall–Kier alpha value is -1.46. The smallest absolute Gasteiger partial charge is 0.334 e. The van der Waals surface area contributed by atoms with E-state index in [4.69, 9.17) is 9.84 Å². The van der Waals surface area contributed by atoms with Gasteiger partial charge in [-0.3, -0.25) is 4.90 Å². The number of morpholine rings is 1. The lowest BCUT2D eigenvalue weighted by Crippen LogP contribution is -2.45. The molecule has 0 amide bonds. The first-order valence-electron chi connectivity index (χ1n) is 5.46. The first-order chi connectivity index (χ1) is 8.15. The Balaban J connectivity index is 1.94. The van der Waals surface area contributed by atoms with Crippen molar-refractivity contribution in [2.45, 2.75) is 12.6 Å². The lowest BCUT2D eigenvalue weighted by atomic mass is 10.2. The Morgan fingerprint density at radius 1 is 1.47 bits per heavy atom. The quantitative estimate of drug-likeness (QED) is 0.858. The van der Waals surface area contributed by atoms with E-state index in [1.807, 2.05) is 4.90 Å². The summed E-state index contributed by atoms with van der Waals surface area (Å²) < 4.78 is 17.8. The number of ether oxygens (including phenoxy) is 1. The topological polar surface area (TPSA) is 49.8 Å². The summed E-state index contributed by atoms with van der Waals surface area (Å²) in [5.41, 5.74) is 0.970. The zero-order valence-electron chi connectivity index (χ0n) is 9.30. The molecule has 1 saturated heterocycles. The highest BCUT2D eigenvalue weighted by Gasteiger charge is 2.25. The molecule has 0 spiro atoms. The summed E-state index contributed by atoms with van der Waals surface area (Å²) in [5.74, 6) is -1.20. The van der Waals surface area contributed by atoms with Crippen LogP contribution in [0.4, 0.5) is 4.39 Å². The summed E-state index contributed by atoms with van der Waals surface area (Å²) in [6, 6.07) is 6.23. The van der Waals surface area contributed by atoms with Gasteiger partial charge in [0.15, 0.2) is 6.10 Å². The van der Waals surface area contributed by atoms with Crippen LogP contribution < -0.4 is 0 Å². The number of carboxylic acids is 1. The Bertz CT molecular complexity index is 393. The molecule has 1 aromatic carbocycles. The molecule has 0 unspecified atom stereocenters. The molecule has 0 aliphatic carbocycles. The van der Waals surface area contributed by atoms with Gasteiger partial charge in [-0.2, -0.15) is 0 Å². The fourth-order valence-electron chi connectivity index (χ4n) is 1.84. The van der Waals surface area contributed by atoms with Crippen molar-refractivity contribution in [1.29, 1.82) is 0 Å². The molecule has 1 atom stereocenters. The van der Waals surface area contributed by atoms with E-state index in [9.17, 15) is 9.18 Å². The molecular formula is C12H14FNO3. The predicted molar refractivity (Wildman–Crippen MR) is 59.1 cm³/mol. The van der Waals surface area contributed by atoms with Crippen LogP contribution in [-0.4, -0.2) is 41.8 Å². The van der Waals surface area contributed by atoms with Gasteiger partial charge in [0, 0.05) is 19.6 Å². The van der Waals surface area contributed by atoms with E-state index in [0.717, 1.165) is 5.56 Å². The van der Waals surface area contributed by atoms with Crippen molar-refractivity contribution in [2.24, 2.45) is 0 Å². The van der Waals surface area contributed by atoms with Gasteiger partial charge in [0.2, 0.25) is 0 Å². The maximum atomic E-state index is 12.7. The maximum absolute atomic E-state index is 12.7. The van der Waals surface area contributed by atoms with E-state index in [1.165, 1.54) is 12.1 Å². The van der Waals surface area contributed by atoms with Crippen LogP contribution in [0.25, 0.3) is 0 Å². The monoisotopic (exact) mass is 239 g/mol. The highest BCUT2D eigenvalue weighted by Crippen LogP contribution is 2.11. The second kappa shape index (κ2) is 5.25. The number of carboxylic acid groups (broad SMARTS) is 1. The molecule has 4 nitrogen and oxygen atoms in total. The molecule has 1 aromatic rings. The second-order valence-corrected chi connectivity index (χ2v) is 4.06. The number of hydrogen-bond acceptors (Lipinski definition) is 3. The molecule has 0 bridgehead atoms. The largest absolute Gasteiger partial charge is 0.479 e. The second-order valence-electron chi connectivity index (χ2n) is 4.06. The lowest BCUT2D eigenvalue weighted by molar-refractivity contribution is -0.156. The molecular weight excluding hydrogens is 225 g/mol. The molecule has 2 rings (SSSR count). The molecule has 1 fully saturated rings. The van der Waals surface area contributed by atoms with Gasteiger partial charge >= 0.3 is 5.97 Å². The molecule has 17 heavy (non-hydrogen) atoms. The van der Waals surface area contributed by atoms with Crippen molar-refractivity contribution < 1.29 is 19.0 Å². The van der Waals surface area contributed by atoms with Crippen LogP contribution >= 0.6 is 0 Å². The van der Waals surface area contributed by atoms with Crippen molar-refractivity contribution in [3.63, 3.8) is 0 Å². The van der Waals surface area contributed by atoms with Gasteiger partial charge in [0.25, 0.3) is 0 Å². The lowest BCUT2D eigenvalue weighted by Gasteiger charge is -2.30. The van der Waals surface area contributed by atoms with Gasteiger partial charge in [-0.15, -0.1) is 0 Å². The zero-order valence-corrected chi connectivity index (χ0v) is 9.30. The molecule has 1 aliphatic heterocycles. The van der Waals surface area contributed by atoms with Crippen LogP contribution in [0.3, 0.4) is 0 Å². The number of benzene rings is 1. The van der Waals surface area contributed by atoms with Crippen LogP contribution in [0.2, 0.25) is 0 Å². The highest BCUT2D eigenvalue weighted by molar-refractivity contribution is 5.72. The van der Waals surface area contributed by atoms with Crippen LogP contribution in [0, 0.1) is 5.82 Å². The average Bonchev–Trinajstić information content (AvgIpc) is 2.32. The minimum atomic E-state index is -0.936. The third kappa shape index (κ3) is 3.25. The number of hydrogen-bond donors (Lipinski definition) is 1. The highest BCUT2D eigenvalue weighted by atomic mass is 19.1. The van der Waals surface area contributed by atoms with Gasteiger partial charge in [0.05, 0.1) is 6.61 Å². The molecule has 0 saturated carbocycles. The summed E-state index contributed by atoms with van der Waals surface area (Å²) in [4.78, 5) is 12.8. The number of nitrogens with zero attached hydrogens (tertiary/aromatic N) is 1. The van der Waals surface area contributed by atoms with E-state index in [0.29, 0.717) is 26.2 Å². The SMILES string of the molecule is O=C(O)[C@H]1CN(Cc2ccc(F)cc2)CCO1. The molecule has 92 valence electrons. The summed E-state index contributed by atoms with van der Waals surface area (Å²) >= 11 is 0. The van der Waals surface area contributed by atoms with Crippen LogP contribution in [0.5, 0.6) is 0 Å². The normalized spacial score (nSPS) is 21.4. The zero-order chi connectivity index (χ0) is 12.3. The fraction of sp³-hybridized carbons (Fsp3) is 0.417. The number of carbonyl (C=O) groups is 1. The van der Waals surface area contributed by atoms with Gasteiger partial charge < -0.3 is 9.84 Å².